The third-order valence-corrected chi connectivity index (χ3v) is 3.15. The molecule has 0 heterocycles. The molecule has 0 unspecified atom stereocenters. The fourth-order valence-electron chi connectivity index (χ4n) is 1.97. The lowest BCUT2D eigenvalue weighted by Gasteiger charge is -2.11. The van der Waals surface area contributed by atoms with Crippen molar-refractivity contribution in [1.29, 1.82) is 0 Å². The minimum Gasteiger partial charge on any atom is -0.489 e. The van der Waals surface area contributed by atoms with E-state index in [1.165, 1.54) is 11.1 Å². The van der Waals surface area contributed by atoms with Crippen LogP contribution in [0.3, 0.4) is 0 Å². The van der Waals surface area contributed by atoms with Crippen molar-refractivity contribution in [3.05, 3.63) is 64.7 Å². The highest BCUT2D eigenvalue weighted by atomic mass is 16.5. The van der Waals surface area contributed by atoms with Crippen LogP contribution in [0.4, 0.5) is 0 Å². The second-order valence-electron chi connectivity index (χ2n) is 4.70. The predicted octanol–water partition coefficient (Wildman–Crippen LogP) is 3.19. The number of hydrogen-bond acceptors (Lipinski definition) is 2. The number of hydrogen-bond donors (Lipinski definition) is 1. The minimum atomic E-state index is 0.380. The van der Waals surface area contributed by atoms with Gasteiger partial charge in [-0.25, -0.2) is 0 Å². The monoisotopic (exact) mass is 265 g/mol. The number of ether oxygens (including phenoxy) is 1. The molecule has 0 amide bonds. The molecule has 0 saturated carbocycles. The molecule has 0 aromatic heterocycles. The van der Waals surface area contributed by atoms with Gasteiger partial charge in [0.1, 0.15) is 12.4 Å². The maximum absolute atomic E-state index is 5.89. The van der Waals surface area contributed by atoms with E-state index in [0.717, 1.165) is 16.9 Å². The topological polar surface area (TPSA) is 35.2 Å². The van der Waals surface area contributed by atoms with Crippen molar-refractivity contribution < 1.29 is 4.74 Å². The van der Waals surface area contributed by atoms with Crippen LogP contribution in [0, 0.1) is 25.7 Å². The van der Waals surface area contributed by atoms with Gasteiger partial charge in [-0.15, -0.1) is 0 Å². The molecule has 0 fully saturated rings. The van der Waals surface area contributed by atoms with Gasteiger partial charge in [0.2, 0.25) is 0 Å². The Hall–Kier alpha value is -2.24. The van der Waals surface area contributed by atoms with Gasteiger partial charge in [-0.3, -0.25) is 0 Å². The molecule has 0 aliphatic carbocycles. The van der Waals surface area contributed by atoms with Crippen LogP contribution in [-0.4, -0.2) is 6.54 Å². The van der Waals surface area contributed by atoms with Crippen LogP contribution in [-0.2, 0) is 6.61 Å². The second-order valence-corrected chi connectivity index (χ2v) is 4.70. The van der Waals surface area contributed by atoms with Crippen molar-refractivity contribution in [1.82, 2.24) is 0 Å². The summed E-state index contributed by atoms with van der Waals surface area (Å²) in [7, 11) is 0. The molecular weight excluding hydrogens is 246 g/mol. The van der Waals surface area contributed by atoms with Gasteiger partial charge in [0.05, 0.1) is 6.54 Å². The highest BCUT2D eigenvalue weighted by molar-refractivity contribution is 5.43. The standard InChI is InChI=1S/C18H19NO/c1-14-6-3-4-8-17(14)13-20-18-10-9-16(7-5-11-19)12-15(18)2/h3-4,6,8-10,12H,11,13,19H2,1-2H3. The third-order valence-electron chi connectivity index (χ3n) is 3.15. The Kier molecular flexibility index (Phi) is 4.81. The van der Waals surface area contributed by atoms with Gasteiger partial charge in [0, 0.05) is 5.56 Å². The lowest BCUT2D eigenvalue weighted by Crippen LogP contribution is -1.99. The molecule has 2 nitrogen and oxygen atoms in total. The molecule has 0 aliphatic rings. The lowest BCUT2D eigenvalue weighted by molar-refractivity contribution is 0.303. The van der Waals surface area contributed by atoms with Gasteiger partial charge in [0.25, 0.3) is 0 Å². The molecule has 2 aromatic rings. The van der Waals surface area contributed by atoms with E-state index in [1.54, 1.807) is 0 Å². The largest absolute Gasteiger partial charge is 0.489 e. The maximum atomic E-state index is 5.89. The summed E-state index contributed by atoms with van der Waals surface area (Å²) in [5.74, 6) is 6.77. The zero-order valence-corrected chi connectivity index (χ0v) is 11.9. The fraction of sp³-hybridized carbons (Fsp3) is 0.222. The average molecular weight is 265 g/mol. The fourth-order valence-corrected chi connectivity index (χ4v) is 1.97. The zero-order valence-electron chi connectivity index (χ0n) is 11.9. The van der Waals surface area contributed by atoms with Crippen molar-refractivity contribution in [2.45, 2.75) is 20.5 Å². The van der Waals surface area contributed by atoms with Crippen molar-refractivity contribution >= 4 is 0 Å². The second kappa shape index (κ2) is 6.79. The molecule has 2 heteroatoms. The number of rotatable bonds is 3. The first-order valence-electron chi connectivity index (χ1n) is 6.67. The Morgan fingerprint density at radius 3 is 2.55 bits per heavy atom. The molecule has 0 radical (unpaired) electrons. The highest BCUT2D eigenvalue weighted by Gasteiger charge is 2.02. The van der Waals surface area contributed by atoms with E-state index in [9.17, 15) is 0 Å². The Morgan fingerprint density at radius 1 is 1.05 bits per heavy atom. The molecule has 20 heavy (non-hydrogen) atoms. The molecule has 0 atom stereocenters. The first kappa shape index (κ1) is 14.2. The first-order valence-corrected chi connectivity index (χ1v) is 6.67. The number of benzene rings is 2. The summed E-state index contributed by atoms with van der Waals surface area (Å²) in [6.07, 6.45) is 0. The SMILES string of the molecule is Cc1ccccc1COc1ccc(C#CCN)cc1C. The van der Waals surface area contributed by atoms with E-state index in [1.807, 2.05) is 37.3 Å². The Bertz CT molecular complexity index is 650. The van der Waals surface area contributed by atoms with Gasteiger partial charge >= 0.3 is 0 Å². The Morgan fingerprint density at radius 2 is 1.85 bits per heavy atom. The van der Waals surface area contributed by atoms with E-state index in [-0.39, 0.29) is 0 Å². The van der Waals surface area contributed by atoms with Crippen LogP contribution in [0.15, 0.2) is 42.5 Å². The smallest absolute Gasteiger partial charge is 0.122 e. The third kappa shape index (κ3) is 3.63. The summed E-state index contributed by atoms with van der Waals surface area (Å²) in [6.45, 7) is 5.09. The molecular formula is C18H19NO. The summed E-state index contributed by atoms with van der Waals surface area (Å²) in [4.78, 5) is 0. The molecule has 0 saturated heterocycles. The van der Waals surface area contributed by atoms with Gasteiger partial charge < -0.3 is 10.5 Å². The highest BCUT2D eigenvalue weighted by Crippen LogP contribution is 2.20. The molecule has 0 bridgehead atoms. The number of aryl methyl sites for hydroxylation is 2. The van der Waals surface area contributed by atoms with Gasteiger partial charge in [-0.2, -0.15) is 0 Å². The summed E-state index contributed by atoms with van der Waals surface area (Å²) >= 11 is 0. The maximum Gasteiger partial charge on any atom is 0.122 e. The molecule has 0 aliphatic heterocycles. The quantitative estimate of drug-likeness (QED) is 0.865. The number of nitrogens with two attached hydrogens (primary N) is 1. The zero-order chi connectivity index (χ0) is 14.4. The molecule has 2 N–H and O–H groups in total. The normalized spacial score (nSPS) is 9.75. The van der Waals surface area contributed by atoms with E-state index >= 15 is 0 Å². The summed E-state index contributed by atoms with van der Waals surface area (Å²) < 4.78 is 5.89. The average Bonchev–Trinajstić information content (AvgIpc) is 2.45. The lowest BCUT2D eigenvalue weighted by atomic mass is 10.1. The Labute approximate surface area is 120 Å². The van der Waals surface area contributed by atoms with Crippen LogP contribution >= 0.6 is 0 Å². The van der Waals surface area contributed by atoms with Crippen LogP contribution in [0.25, 0.3) is 0 Å². The first-order chi connectivity index (χ1) is 9.70. The van der Waals surface area contributed by atoms with Crippen LogP contribution in [0.1, 0.15) is 22.3 Å². The van der Waals surface area contributed by atoms with Gasteiger partial charge in [0.15, 0.2) is 0 Å². The van der Waals surface area contributed by atoms with Crippen molar-refractivity contribution in [2.24, 2.45) is 5.73 Å². The van der Waals surface area contributed by atoms with E-state index in [4.69, 9.17) is 10.5 Å². The Balaban J connectivity index is 2.09. The van der Waals surface area contributed by atoms with Crippen molar-refractivity contribution in [3.63, 3.8) is 0 Å². The van der Waals surface area contributed by atoms with E-state index in [0.29, 0.717) is 13.2 Å². The molecule has 2 rings (SSSR count). The molecule has 0 spiro atoms. The molecule has 102 valence electrons. The summed E-state index contributed by atoms with van der Waals surface area (Å²) in [5.41, 5.74) is 9.88. The van der Waals surface area contributed by atoms with Crippen LogP contribution in [0.2, 0.25) is 0 Å². The summed E-state index contributed by atoms with van der Waals surface area (Å²) in [6, 6.07) is 14.2. The summed E-state index contributed by atoms with van der Waals surface area (Å²) in [5, 5.41) is 0. The van der Waals surface area contributed by atoms with Gasteiger partial charge in [-0.1, -0.05) is 36.1 Å². The van der Waals surface area contributed by atoms with Gasteiger partial charge in [-0.05, 0) is 48.7 Å². The van der Waals surface area contributed by atoms with E-state index < -0.39 is 0 Å². The predicted molar refractivity (Wildman–Crippen MR) is 82.6 cm³/mol. The van der Waals surface area contributed by atoms with Crippen LogP contribution < -0.4 is 10.5 Å². The van der Waals surface area contributed by atoms with E-state index in [2.05, 4.69) is 30.9 Å². The van der Waals surface area contributed by atoms with Crippen molar-refractivity contribution in [2.75, 3.05) is 6.54 Å². The molecule has 2 aromatic carbocycles. The minimum absolute atomic E-state index is 0.380. The van der Waals surface area contributed by atoms with Crippen LogP contribution in [0.5, 0.6) is 5.75 Å². The van der Waals surface area contributed by atoms with Crippen molar-refractivity contribution in [3.8, 4) is 17.6 Å².